The predicted molar refractivity (Wildman–Crippen MR) is 113 cm³/mol. The number of amides is 1. The number of piperazine rings is 1. The minimum absolute atomic E-state index is 0.230. The third-order valence-corrected chi connectivity index (χ3v) is 8.07. The number of rotatable bonds is 5. The molecule has 6 nitrogen and oxygen atoms in total. The highest BCUT2D eigenvalue weighted by molar-refractivity contribution is 7.91. The lowest BCUT2D eigenvalue weighted by Gasteiger charge is -2.33. The number of nitrogens with zero attached hydrogens (tertiary/aromatic N) is 2. The van der Waals surface area contributed by atoms with Crippen molar-refractivity contribution in [3.63, 3.8) is 0 Å². The number of furan rings is 1. The fraction of sp³-hybridized carbons (Fsp3) is 0.190. The van der Waals surface area contributed by atoms with Crippen molar-refractivity contribution < 1.29 is 22.0 Å². The van der Waals surface area contributed by atoms with Gasteiger partial charge in [-0.2, -0.15) is 4.31 Å². The quantitative estimate of drug-likeness (QED) is 0.561. The Bertz CT molecular complexity index is 1160. The Balaban J connectivity index is 1.36. The highest BCUT2D eigenvalue weighted by Gasteiger charge is 2.30. The number of hydrogen-bond donors (Lipinski definition) is 0. The maximum absolute atomic E-state index is 13.9. The first-order chi connectivity index (χ1) is 14.4. The van der Waals surface area contributed by atoms with Gasteiger partial charge in [-0.25, -0.2) is 12.8 Å². The molecular weight excluding hydrogens is 427 g/mol. The minimum atomic E-state index is -3.50. The molecule has 156 valence electrons. The summed E-state index contributed by atoms with van der Waals surface area (Å²) in [5.41, 5.74) is 0.353. The van der Waals surface area contributed by atoms with Crippen LogP contribution in [0.2, 0.25) is 0 Å². The smallest absolute Gasteiger partial charge is 0.252 e. The lowest BCUT2D eigenvalue weighted by atomic mass is 10.1. The van der Waals surface area contributed by atoms with Gasteiger partial charge in [-0.15, -0.1) is 11.3 Å². The third-order valence-electron chi connectivity index (χ3n) is 4.80. The van der Waals surface area contributed by atoms with Gasteiger partial charge in [0.2, 0.25) is 5.91 Å². The van der Waals surface area contributed by atoms with Gasteiger partial charge in [0.25, 0.3) is 10.0 Å². The molecule has 0 unspecified atom stereocenters. The second-order valence-corrected chi connectivity index (χ2v) is 9.79. The zero-order chi connectivity index (χ0) is 21.1. The fourth-order valence-electron chi connectivity index (χ4n) is 3.19. The van der Waals surface area contributed by atoms with Crippen molar-refractivity contribution in [1.29, 1.82) is 0 Å². The molecule has 0 N–H and O–H groups in total. The molecule has 0 spiro atoms. The fourth-order valence-corrected chi connectivity index (χ4v) is 5.76. The monoisotopic (exact) mass is 446 g/mol. The van der Waals surface area contributed by atoms with Gasteiger partial charge in [-0.1, -0.05) is 18.2 Å². The van der Waals surface area contributed by atoms with Gasteiger partial charge in [0.15, 0.2) is 0 Å². The van der Waals surface area contributed by atoms with Crippen molar-refractivity contribution in [2.24, 2.45) is 0 Å². The lowest BCUT2D eigenvalue weighted by Crippen LogP contribution is -2.50. The summed E-state index contributed by atoms with van der Waals surface area (Å²) in [7, 11) is -3.50. The van der Waals surface area contributed by atoms with E-state index in [0.29, 0.717) is 34.4 Å². The summed E-state index contributed by atoms with van der Waals surface area (Å²) in [5, 5.41) is 1.73. The topological polar surface area (TPSA) is 70.8 Å². The van der Waals surface area contributed by atoms with Gasteiger partial charge >= 0.3 is 0 Å². The summed E-state index contributed by atoms with van der Waals surface area (Å²) in [6.07, 6.45) is 2.91. The summed E-state index contributed by atoms with van der Waals surface area (Å²) in [6.45, 7) is 1.12. The van der Waals surface area contributed by atoms with Gasteiger partial charge in [0.1, 0.15) is 21.5 Å². The summed E-state index contributed by atoms with van der Waals surface area (Å²) < 4.78 is 46.3. The molecule has 1 amide bonds. The highest BCUT2D eigenvalue weighted by atomic mass is 32.2. The van der Waals surface area contributed by atoms with Crippen LogP contribution in [0.15, 0.2) is 68.6 Å². The normalized spacial score (nSPS) is 15.7. The maximum Gasteiger partial charge on any atom is 0.252 e. The zero-order valence-electron chi connectivity index (χ0n) is 15.9. The molecule has 0 saturated carbocycles. The van der Waals surface area contributed by atoms with Crippen LogP contribution in [0.25, 0.3) is 17.4 Å². The van der Waals surface area contributed by atoms with Gasteiger partial charge in [-0.05, 0) is 41.8 Å². The van der Waals surface area contributed by atoms with Crippen molar-refractivity contribution >= 4 is 33.3 Å². The van der Waals surface area contributed by atoms with Gasteiger partial charge in [0.05, 0.1) is 5.56 Å². The highest BCUT2D eigenvalue weighted by Crippen LogP contribution is 2.25. The second-order valence-electron chi connectivity index (χ2n) is 6.68. The molecule has 1 fully saturated rings. The van der Waals surface area contributed by atoms with E-state index in [1.54, 1.807) is 52.7 Å². The first-order valence-corrected chi connectivity index (χ1v) is 11.6. The largest absolute Gasteiger partial charge is 0.457 e. The van der Waals surface area contributed by atoms with Crippen LogP contribution in [0, 0.1) is 5.82 Å². The van der Waals surface area contributed by atoms with Gasteiger partial charge < -0.3 is 9.32 Å². The Labute approximate surface area is 177 Å². The van der Waals surface area contributed by atoms with Crippen LogP contribution in [-0.2, 0) is 14.8 Å². The van der Waals surface area contributed by atoms with Gasteiger partial charge in [-0.3, -0.25) is 4.79 Å². The molecule has 1 aliphatic heterocycles. The Hall–Kier alpha value is -2.75. The number of benzene rings is 1. The summed E-state index contributed by atoms with van der Waals surface area (Å²) >= 11 is 1.18. The minimum Gasteiger partial charge on any atom is -0.457 e. The van der Waals surface area contributed by atoms with Crippen molar-refractivity contribution in [2.75, 3.05) is 26.2 Å². The zero-order valence-corrected chi connectivity index (χ0v) is 17.5. The lowest BCUT2D eigenvalue weighted by molar-refractivity contribution is -0.127. The van der Waals surface area contributed by atoms with E-state index in [0.717, 1.165) is 0 Å². The average molecular weight is 447 g/mol. The molecule has 0 bridgehead atoms. The predicted octanol–water partition coefficient (Wildman–Crippen LogP) is 3.69. The Morgan fingerprint density at radius 1 is 1.03 bits per heavy atom. The van der Waals surface area contributed by atoms with Crippen LogP contribution in [0.1, 0.15) is 5.76 Å². The van der Waals surface area contributed by atoms with E-state index in [-0.39, 0.29) is 24.8 Å². The van der Waals surface area contributed by atoms with E-state index in [4.69, 9.17) is 4.42 Å². The number of halogens is 1. The molecule has 4 rings (SSSR count). The molecule has 3 heterocycles. The molecule has 0 radical (unpaired) electrons. The molecule has 3 aromatic rings. The molecule has 30 heavy (non-hydrogen) atoms. The van der Waals surface area contributed by atoms with Crippen LogP contribution in [-0.4, -0.2) is 49.7 Å². The average Bonchev–Trinajstić information content (AvgIpc) is 3.45. The van der Waals surface area contributed by atoms with E-state index in [9.17, 15) is 17.6 Å². The van der Waals surface area contributed by atoms with Crippen LogP contribution >= 0.6 is 11.3 Å². The molecular formula is C21H19FN2O4S2. The SMILES string of the molecule is O=C(/C=C/c1ccc(-c2ccccc2F)o1)N1CCN(S(=O)(=O)c2cccs2)CC1. The number of carbonyl (C=O) groups excluding carboxylic acids is 1. The molecule has 9 heteroatoms. The first-order valence-electron chi connectivity index (χ1n) is 9.30. The van der Waals surface area contributed by atoms with E-state index < -0.39 is 10.0 Å². The molecule has 1 aliphatic rings. The number of carbonyl (C=O) groups is 1. The number of sulfonamides is 1. The van der Waals surface area contributed by atoms with Crippen LogP contribution < -0.4 is 0 Å². The van der Waals surface area contributed by atoms with Crippen molar-refractivity contribution in [1.82, 2.24) is 9.21 Å². The van der Waals surface area contributed by atoms with Crippen molar-refractivity contribution in [2.45, 2.75) is 4.21 Å². The van der Waals surface area contributed by atoms with Gasteiger partial charge in [0, 0.05) is 32.3 Å². The summed E-state index contributed by atoms with van der Waals surface area (Å²) in [4.78, 5) is 14.1. The summed E-state index contributed by atoms with van der Waals surface area (Å²) in [6, 6.07) is 12.9. The van der Waals surface area contributed by atoms with Crippen LogP contribution in [0.4, 0.5) is 4.39 Å². The van der Waals surface area contributed by atoms with E-state index in [1.165, 1.54) is 33.9 Å². The first kappa shape index (κ1) is 20.5. The maximum atomic E-state index is 13.9. The van der Waals surface area contributed by atoms with E-state index in [1.807, 2.05) is 0 Å². The molecule has 1 saturated heterocycles. The van der Waals surface area contributed by atoms with Crippen LogP contribution in [0.5, 0.6) is 0 Å². The molecule has 0 aliphatic carbocycles. The second kappa shape index (κ2) is 8.55. The molecule has 2 aromatic heterocycles. The number of hydrogen-bond acceptors (Lipinski definition) is 5. The Kier molecular flexibility index (Phi) is 5.85. The standard InChI is InChI=1S/C21H19FN2O4S2/c22-18-5-2-1-4-17(18)19-9-7-16(28-19)8-10-20(25)23-11-13-24(14-12-23)30(26,27)21-6-3-15-29-21/h1-10,15H,11-14H2/b10-8+. The van der Waals surface area contributed by atoms with E-state index in [2.05, 4.69) is 0 Å². The Morgan fingerprint density at radius 3 is 2.50 bits per heavy atom. The summed E-state index contributed by atoms with van der Waals surface area (Å²) in [5.74, 6) is 0.203. The van der Waals surface area contributed by atoms with Crippen molar-refractivity contribution in [3.8, 4) is 11.3 Å². The van der Waals surface area contributed by atoms with Crippen molar-refractivity contribution in [3.05, 3.63) is 71.6 Å². The number of thiophene rings is 1. The molecule has 1 aromatic carbocycles. The molecule has 0 atom stereocenters. The Morgan fingerprint density at radius 2 is 1.80 bits per heavy atom. The third kappa shape index (κ3) is 4.23. The van der Waals surface area contributed by atoms with E-state index >= 15 is 0 Å². The van der Waals surface area contributed by atoms with Crippen LogP contribution in [0.3, 0.4) is 0 Å².